The second-order valence-corrected chi connectivity index (χ2v) is 8.59. The standard InChI is InChI=1S/C22H29NO2/c1-21(2)18-11-13-22(3,12-8-16-23-14-6-7-15-23)25-20(18)17-9-4-5-10-19(17)24-21/h4-5,9-10,18,20H,6-7,11,13-16H2,1-3H3/p+1/t18-,20+,22+/m0/s1. The van der Waals surface area contributed by atoms with Crippen LogP contribution in [0.2, 0.25) is 0 Å². The smallest absolute Gasteiger partial charge is 0.139 e. The molecule has 2 saturated heterocycles. The molecule has 3 aliphatic rings. The van der Waals surface area contributed by atoms with Crippen LogP contribution >= 0.6 is 0 Å². The van der Waals surface area contributed by atoms with Gasteiger partial charge in [-0.3, -0.25) is 0 Å². The molecule has 1 aromatic rings. The van der Waals surface area contributed by atoms with Gasteiger partial charge in [0.25, 0.3) is 0 Å². The van der Waals surface area contributed by atoms with Crippen LogP contribution in [-0.4, -0.2) is 30.8 Å². The van der Waals surface area contributed by atoms with Crippen LogP contribution < -0.4 is 9.64 Å². The van der Waals surface area contributed by atoms with Crippen molar-refractivity contribution in [2.75, 3.05) is 19.6 Å². The van der Waals surface area contributed by atoms with Crippen molar-refractivity contribution in [1.82, 2.24) is 0 Å². The first-order valence-corrected chi connectivity index (χ1v) is 9.76. The van der Waals surface area contributed by atoms with Gasteiger partial charge in [-0.1, -0.05) is 24.1 Å². The van der Waals surface area contributed by atoms with E-state index < -0.39 is 0 Å². The van der Waals surface area contributed by atoms with Gasteiger partial charge in [-0.2, -0.15) is 0 Å². The third kappa shape index (κ3) is 3.30. The summed E-state index contributed by atoms with van der Waals surface area (Å²) < 4.78 is 12.9. The molecule has 4 rings (SSSR count). The molecule has 1 aromatic carbocycles. The summed E-state index contributed by atoms with van der Waals surface area (Å²) >= 11 is 0. The maximum atomic E-state index is 6.64. The number of ether oxygens (including phenoxy) is 2. The molecule has 0 saturated carbocycles. The third-order valence-corrected chi connectivity index (χ3v) is 6.18. The molecule has 0 aliphatic carbocycles. The highest BCUT2D eigenvalue weighted by atomic mass is 16.5. The Morgan fingerprint density at radius 2 is 1.92 bits per heavy atom. The largest absolute Gasteiger partial charge is 0.487 e. The molecule has 134 valence electrons. The van der Waals surface area contributed by atoms with Crippen molar-refractivity contribution in [3.05, 3.63) is 29.8 Å². The fourth-order valence-electron chi connectivity index (χ4n) is 4.66. The minimum atomic E-state index is -0.346. The van der Waals surface area contributed by atoms with Gasteiger partial charge in [-0.05, 0) is 45.6 Å². The summed E-state index contributed by atoms with van der Waals surface area (Å²) in [6.07, 6.45) is 4.84. The van der Waals surface area contributed by atoms with Crippen molar-refractivity contribution in [1.29, 1.82) is 0 Å². The molecule has 3 nitrogen and oxygen atoms in total. The highest BCUT2D eigenvalue weighted by Gasteiger charge is 2.49. The Labute approximate surface area is 151 Å². The van der Waals surface area contributed by atoms with Crippen molar-refractivity contribution in [2.45, 2.75) is 63.8 Å². The molecule has 0 radical (unpaired) electrons. The molecule has 0 aromatic heterocycles. The van der Waals surface area contributed by atoms with Crippen molar-refractivity contribution >= 4 is 0 Å². The van der Waals surface area contributed by atoms with Crippen LogP contribution in [0.3, 0.4) is 0 Å². The summed E-state index contributed by atoms with van der Waals surface area (Å²) in [5.41, 5.74) is 0.638. The van der Waals surface area contributed by atoms with E-state index in [2.05, 4.69) is 50.8 Å². The Balaban J connectivity index is 1.55. The van der Waals surface area contributed by atoms with E-state index in [4.69, 9.17) is 9.47 Å². The van der Waals surface area contributed by atoms with Gasteiger partial charge in [-0.25, -0.2) is 0 Å². The molecule has 0 unspecified atom stereocenters. The maximum Gasteiger partial charge on any atom is 0.139 e. The average Bonchev–Trinajstić information content (AvgIpc) is 3.07. The first-order chi connectivity index (χ1) is 12.0. The number of nitrogens with one attached hydrogen (secondary N) is 1. The van der Waals surface area contributed by atoms with E-state index in [1.807, 2.05) is 6.07 Å². The van der Waals surface area contributed by atoms with E-state index in [-0.39, 0.29) is 17.3 Å². The Morgan fingerprint density at radius 1 is 1.16 bits per heavy atom. The zero-order valence-corrected chi connectivity index (χ0v) is 15.7. The number of hydrogen-bond donors (Lipinski definition) is 1. The lowest BCUT2D eigenvalue weighted by atomic mass is 9.73. The summed E-state index contributed by atoms with van der Waals surface area (Å²) in [6.45, 7) is 10.1. The SMILES string of the molecule is CC1(C)Oc2ccccc2[C@H]2O[C@](C)(C#CC[NH+]3CCCC3)CC[C@@H]21. The zero-order valence-electron chi connectivity index (χ0n) is 15.7. The zero-order chi connectivity index (χ0) is 17.5. The number of benzene rings is 1. The topological polar surface area (TPSA) is 22.9 Å². The lowest BCUT2D eigenvalue weighted by Crippen LogP contribution is -3.09. The van der Waals surface area contributed by atoms with Gasteiger partial charge in [0.1, 0.15) is 23.5 Å². The summed E-state index contributed by atoms with van der Waals surface area (Å²) in [5, 5.41) is 0. The second-order valence-electron chi connectivity index (χ2n) is 8.59. The Morgan fingerprint density at radius 3 is 2.72 bits per heavy atom. The van der Waals surface area contributed by atoms with Gasteiger partial charge in [0.05, 0.1) is 19.2 Å². The molecule has 0 bridgehead atoms. The van der Waals surface area contributed by atoms with E-state index in [1.54, 1.807) is 4.90 Å². The molecule has 3 atom stereocenters. The number of para-hydroxylation sites is 1. The number of rotatable bonds is 1. The number of fused-ring (bicyclic) bond motifs is 3. The number of likely N-dealkylation sites (tertiary alicyclic amines) is 1. The normalized spacial score (nSPS) is 33.6. The highest BCUT2D eigenvalue weighted by molar-refractivity contribution is 5.39. The molecule has 0 amide bonds. The molecule has 3 heterocycles. The summed E-state index contributed by atoms with van der Waals surface area (Å²) in [7, 11) is 0. The number of quaternary nitrogens is 1. The van der Waals surface area contributed by atoms with E-state index in [0.717, 1.165) is 25.1 Å². The number of hydrogen-bond acceptors (Lipinski definition) is 2. The fourth-order valence-corrected chi connectivity index (χ4v) is 4.66. The van der Waals surface area contributed by atoms with Crippen LogP contribution in [0, 0.1) is 17.8 Å². The van der Waals surface area contributed by atoms with Gasteiger partial charge >= 0.3 is 0 Å². The van der Waals surface area contributed by atoms with Crippen LogP contribution in [0.5, 0.6) is 5.75 Å². The molecule has 2 fully saturated rings. The van der Waals surface area contributed by atoms with Crippen LogP contribution in [0.15, 0.2) is 24.3 Å². The van der Waals surface area contributed by atoms with E-state index >= 15 is 0 Å². The van der Waals surface area contributed by atoms with Gasteiger partial charge in [0.2, 0.25) is 0 Å². The molecular weight excluding hydrogens is 310 g/mol. The van der Waals surface area contributed by atoms with Crippen molar-refractivity contribution in [3.63, 3.8) is 0 Å². The summed E-state index contributed by atoms with van der Waals surface area (Å²) in [4.78, 5) is 1.63. The minimum absolute atomic E-state index is 0.0760. The van der Waals surface area contributed by atoms with Crippen molar-refractivity contribution < 1.29 is 14.4 Å². The summed E-state index contributed by atoms with van der Waals surface area (Å²) in [5.74, 6) is 8.26. The maximum absolute atomic E-state index is 6.64. The van der Waals surface area contributed by atoms with Gasteiger partial charge in [0.15, 0.2) is 0 Å². The van der Waals surface area contributed by atoms with Crippen LogP contribution in [0.25, 0.3) is 0 Å². The van der Waals surface area contributed by atoms with Gasteiger partial charge in [-0.15, -0.1) is 0 Å². The second kappa shape index (κ2) is 6.34. The molecule has 25 heavy (non-hydrogen) atoms. The molecule has 1 N–H and O–H groups in total. The first-order valence-electron chi connectivity index (χ1n) is 9.76. The van der Waals surface area contributed by atoms with Crippen molar-refractivity contribution in [2.24, 2.45) is 5.92 Å². The third-order valence-electron chi connectivity index (χ3n) is 6.18. The lowest BCUT2D eigenvalue weighted by Gasteiger charge is -2.50. The van der Waals surface area contributed by atoms with Crippen LogP contribution in [0.4, 0.5) is 0 Å². The lowest BCUT2D eigenvalue weighted by molar-refractivity contribution is -0.879. The molecule has 0 spiro atoms. The molecule has 3 heteroatoms. The summed E-state index contributed by atoms with van der Waals surface area (Å²) in [6, 6.07) is 8.33. The fraction of sp³-hybridized carbons (Fsp3) is 0.636. The van der Waals surface area contributed by atoms with Gasteiger partial charge < -0.3 is 14.4 Å². The first kappa shape index (κ1) is 16.9. The molecular formula is C22H30NO2+. The highest BCUT2D eigenvalue weighted by Crippen LogP contribution is 2.52. The van der Waals surface area contributed by atoms with E-state index in [9.17, 15) is 0 Å². The molecule has 3 aliphatic heterocycles. The van der Waals surface area contributed by atoms with Crippen molar-refractivity contribution in [3.8, 4) is 17.6 Å². The van der Waals surface area contributed by atoms with Crippen LogP contribution in [-0.2, 0) is 4.74 Å². The predicted octanol–water partition coefficient (Wildman–Crippen LogP) is 2.77. The monoisotopic (exact) mass is 340 g/mol. The predicted molar refractivity (Wildman–Crippen MR) is 98.7 cm³/mol. The Kier molecular flexibility index (Phi) is 4.30. The minimum Gasteiger partial charge on any atom is -0.487 e. The Hall–Kier alpha value is -1.50. The van der Waals surface area contributed by atoms with Gasteiger partial charge in [0, 0.05) is 24.3 Å². The van der Waals surface area contributed by atoms with Crippen LogP contribution in [0.1, 0.15) is 58.1 Å². The quantitative estimate of drug-likeness (QED) is 0.795. The Bertz CT molecular complexity index is 695. The van der Waals surface area contributed by atoms with E-state index in [0.29, 0.717) is 5.92 Å². The van der Waals surface area contributed by atoms with E-state index in [1.165, 1.54) is 31.5 Å². The average molecular weight is 340 g/mol.